The quantitative estimate of drug-likeness (QED) is 0.775. The van der Waals surface area contributed by atoms with Gasteiger partial charge in [0, 0.05) is 32.2 Å². The first kappa shape index (κ1) is 15.2. The Morgan fingerprint density at radius 2 is 1.63 bits per heavy atom. The zero-order chi connectivity index (χ0) is 13.5. The van der Waals surface area contributed by atoms with Gasteiger partial charge in [-0.3, -0.25) is 4.90 Å². The Labute approximate surface area is 118 Å². The summed E-state index contributed by atoms with van der Waals surface area (Å²) >= 11 is 0. The van der Waals surface area contributed by atoms with Gasteiger partial charge in [-0.1, -0.05) is 6.42 Å². The van der Waals surface area contributed by atoms with Crippen molar-refractivity contribution >= 4 is 0 Å². The maximum absolute atomic E-state index is 9.03. The number of nitrogens with zero attached hydrogens (tertiary/aromatic N) is 3. The largest absolute Gasteiger partial charge is 0.395 e. The highest BCUT2D eigenvalue weighted by molar-refractivity contribution is 4.79. The molecule has 0 aliphatic carbocycles. The first-order chi connectivity index (χ1) is 9.29. The van der Waals surface area contributed by atoms with E-state index in [-0.39, 0.29) is 0 Å². The Morgan fingerprint density at radius 1 is 0.895 bits per heavy atom. The molecule has 4 nitrogen and oxygen atoms in total. The highest BCUT2D eigenvalue weighted by Crippen LogP contribution is 2.11. The van der Waals surface area contributed by atoms with Crippen LogP contribution >= 0.6 is 0 Å². The van der Waals surface area contributed by atoms with E-state index in [2.05, 4.69) is 21.6 Å². The molecular formula is C15H31N3O. The van der Waals surface area contributed by atoms with Gasteiger partial charge >= 0.3 is 0 Å². The normalized spacial score (nSPS) is 27.8. The molecule has 0 aromatic rings. The second kappa shape index (κ2) is 8.20. The van der Waals surface area contributed by atoms with Crippen LogP contribution in [-0.2, 0) is 0 Å². The fourth-order valence-corrected chi connectivity index (χ4v) is 3.44. The lowest BCUT2D eigenvalue weighted by molar-refractivity contribution is 0.0658. The fraction of sp³-hybridized carbons (Fsp3) is 1.00. The number of rotatable bonds is 6. The van der Waals surface area contributed by atoms with Gasteiger partial charge in [-0.25, -0.2) is 0 Å². The van der Waals surface area contributed by atoms with E-state index in [0.717, 1.165) is 13.1 Å². The van der Waals surface area contributed by atoms with Crippen LogP contribution in [0.1, 0.15) is 32.6 Å². The highest BCUT2D eigenvalue weighted by atomic mass is 16.3. The maximum atomic E-state index is 9.03. The molecule has 0 amide bonds. The number of aliphatic hydroxyl groups excluding tert-OH is 1. The molecule has 2 aliphatic rings. The van der Waals surface area contributed by atoms with Gasteiger partial charge < -0.3 is 14.9 Å². The van der Waals surface area contributed by atoms with E-state index in [4.69, 9.17) is 5.11 Å². The first-order valence-corrected chi connectivity index (χ1v) is 8.09. The van der Waals surface area contributed by atoms with Gasteiger partial charge in [0.1, 0.15) is 0 Å². The van der Waals surface area contributed by atoms with Gasteiger partial charge in [-0.05, 0) is 52.4 Å². The van der Waals surface area contributed by atoms with Crippen molar-refractivity contribution < 1.29 is 5.11 Å². The summed E-state index contributed by atoms with van der Waals surface area (Å²) in [6.45, 7) is 12.0. The molecule has 4 heteroatoms. The third-order valence-corrected chi connectivity index (χ3v) is 4.63. The number of piperazine rings is 1. The minimum atomic E-state index is 0.291. The molecule has 0 aromatic heterocycles. The minimum Gasteiger partial charge on any atom is -0.395 e. The van der Waals surface area contributed by atoms with Crippen LogP contribution < -0.4 is 0 Å². The molecule has 0 aromatic carbocycles. The third-order valence-electron chi connectivity index (χ3n) is 4.63. The Morgan fingerprint density at radius 3 is 2.32 bits per heavy atom. The second-order valence-corrected chi connectivity index (χ2v) is 6.17. The molecule has 0 saturated carbocycles. The molecule has 1 atom stereocenters. The molecule has 2 aliphatic heterocycles. The molecule has 2 fully saturated rings. The standard InChI is InChI=1S/C15H31N3O/c1-15-14-17(10-11-18(15)12-13-19)9-5-8-16-6-3-2-4-7-16/h15,19H,2-14H2,1H3/t15-/m1/s1. The van der Waals surface area contributed by atoms with Crippen molar-refractivity contribution in [3.8, 4) is 0 Å². The summed E-state index contributed by atoms with van der Waals surface area (Å²) in [6.07, 6.45) is 5.54. The van der Waals surface area contributed by atoms with Crippen LogP contribution in [0, 0.1) is 0 Å². The molecule has 2 heterocycles. The summed E-state index contributed by atoms with van der Waals surface area (Å²) in [5.74, 6) is 0. The Hall–Kier alpha value is -0.160. The van der Waals surface area contributed by atoms with Crippen molar-refractivity contribution in [2.24, 2.45) is 0 Å². The molecule has 0 radical (unpaired) electrons. The van der Waals surface area contributed by atoms with Crippen LogP contribution in [0.15, 0.2) is 0 Å². The van der Waals surface area contributed by atoms with Gasteiger partial charge in [-0.15, -0.1) is 0 Å². The fourth-order valence-electron chi connectivity index (χ4n) is 3.44. The van der Waals surface area contributed by atoms with Crippen LogP contribution in [0.4, 0.5) is 0 Å². The van der Waals surface area contributed by atoms with Crippen molar-refractivity contribution in [1.29, 1.82) is 0 Å². The molecule has 0 bridgehead atoms. The average Bonchev–Trinajstić information content (AvgIpc) is 2.43. The van der Waals surface area contributed by atoms with Gasteiger partial charge in [0.2, 0.25) is 0 Å². The second-order valence-electron chi connectivity index (χ2n) is 6.17. The molecule has 0 spiro atoms. The number of piperidine rings is 1. The lowest BCUT2D eigenvalue weighted by Crippen LogP contribution is -2.52. The molecular weight excluding hydrogens is 238 g/mol. The van der Waals surface area contributed by atoms with E-state index >= 15 is 0 Å². The smallest absolute Gasteiger partial charge is 0.0558 e. The van der Waals surface area contributed by atoms with E-state index in [1.54, 1.807) is 0 Å². The number of hydrogen-bond donors (Lipinski definition) is 1. The number of aliphatic hydroxyl groups is 1. The summed E-state index contributed by atoms with van der Waals surface area (Å²) in [7, 11) is 0. The van der Waals surface area contributed by atoms with E-state index in [0.29, 0.717) is 12.6 Å². The number of β-amino-alcohol motifs (C(OH)–C–C–N with tert-alkyl or cyclic N) is 1. The number of hydrogen-bond acceptors (Lipinski definition) is 4. The van der Waals surface area contributed by atoms with Gasteiger partial charge in [0.15, 0.2) is 0 Å². The summed E-state index contributed by atoms with van der Waals surface area (Å²) in [4.78, 5) is 7.64. The minimum absolute atomic E-state index is 0.291. The molecule has 112 valence electrons. The van der Waals surface area contributed by atoms with Gasteiger partial charge in [0.25, 0.3) is 0 Å². The van der Waals surface area contributed by atoms with Crippen molar-refractivity contribution in [1.82, 2.24) is 14.7 Å². The van der Waals surface area contributed by atoms with Crippen molar-refractivity contribution in [2.75, 3.05) is 59.0 Å². The van der Waals surface area contributed by atoms with Crippen molar-refractivity contribution in [2.45, 2.75) is 38.6 Å². The van der Waals surface area contributed by atoms with Crippen LogP contribution in [0.5, 0.6) is 0 Å². The van der Waals surface area contributed by atoms with Crippen molar-refractivity contribution in [3.05, 3.63) is 0 Å². The van der Waals surface area contributed by atoms with Crippen molar-refractivity contribution in [3.63, 3.8) is 0 Å². The summed E-state index contributed by atoms with van der Waals surface area (Å²) < 4.78 is 0. The number of likely N-dealkylation sites (tertiary alicyclic amines) is 1. The third kappa shape index (κ3) is 5.03. The topological polar surface area (TPSA) is 30.0 Å². The zero-order valence-corrected chi connectivity index (χ0v) is 12.6. The van der Waals surface area contributed by atoms with E-state index < -0.39 is 0 Å². The highest BCUT2D eigenvalue weighted by Gasteiger charge is 2.22. The molecule has 2 rings (SSSR count). The molecule has 0 unspecified atom stereocenters. The SMILES string of the molecule is C[C@@H]1CN(CCCN2CCCCC2)CCN1CCO. The predicted octanol–water partition coefficient (Wildman–Crippen LogP) is 0.861. The molecule has 2 saturated heterocycles. The monoisotopic (exact) mass is 269 g/mol. The average molecular weight is 269 g/mol. The van der Waals surface area contributed by atoms with Crippen LogP contribution in [0.2, 0.25) is 0 Å². The van der Waals surface area contributed by atoms with E-state index in [1.807, 2.05) is 0 Å². The lowest BCUT2D eigenvalue weighted by atomic mass is 10.1. The zero-order valence-electron chi connectivity index (χ0n) is 12.6. The van der Waals surface area contributed by atoms with E-state index in [9.17, 15) is 0 Å². The van der Waals surface area contributed by atoms with E-state index in [1.165, 1.54) is 65.0 Å². The Bertz CT molecular complexity index is 244. The predicted molar refractivity (Wildman–Crippen MR) is 79.5 cm³/mol. The lowest BCUT2D eigenvalue weighted by Gasteiger charge is -2.40. The van der Waals surface area contributed by atoms with Crippen LogP contribution in [-0.4, -0.2) is 84.8 Å². The molecule has 1 N–H and O–H groups in total. The van der Waals surface area contributed by atoms with Gasteiger partial charge in [0.05, 0.1) is 6.61 Å². The summed E-state index contributed by atoms with van der Waals surface area (Å²) in [5, 5.41) is 9.03. The van der Waals surface area contributed by atoms with Gasteiger partial charge in [-0.2, -0.15) is 0 Å². The molecule has 19 heavy (non-hydrogen) atoms. The maximum Gasteiger partial charge on any atom is 0.0558 e. The van der Waals surface area contributed by atoms with Crippen LogP contribution in [0.25, 0.3) is 0 Å². The summed E-state index contributed by atoms with van der Waals surface area (Å²) in [6, 6.07) is 0.593. The summed E-state index contributed by atoms with van der Waals surface area (Å²) in [5.41, 5.74) is 0. The Balaban J connectivity index is 1.59. The Kier molecular flexibility index (Phi) is 6.57. The van der Waals surface area contributed by atoms with Crippen LogP contribution in [0.3, 0.4) is 0 Å². The first-order valence-electron chi connectivity index (χ1n) is 8.09.